The molecule has 0 fully saturated rings. The summed E-state index contributed by atoms with van der Waals surface area (Å²) in [5, 5.41) is 3.35. The molecule has 2 nitrogen and oxygen atoms in total. The Morgan fingerprint density at radius 2 is 1.95 bits per heavy atom. The van der Waals surface area contributed by atoms with Crippen molar-refractivity contribution in [3.05, 3.63) is 34.9 Å². The average Bonchev–Trinajstić information content (AvgIpc) is 2.32. The summed E-state index contributed by atoms with van der Waals surface area (Å²) < 4.78 is 26.7. The van der Waals surface area contributed by atoms with E-state index in [9.17, 15) is 13.6 Å². The van der Waals surface area contributed by atoms with E-state index in [1.807, 2.05) is 13.8 Å². The standard InChI is InChI=1S/C14H18BrF2NO/c1-8(2)4-10(7-15)18-14(19)11-5-9(3)12(16)6-13(11)17/h5-6,8,10H,4,7H2,1-3H3,(H,18,19). The minimum absolute atomic E-state index is 0.0720. The highest BCUT2D eigenvalue weighted by Crippen LogP contribution is 2.15. The number of amides is 1. The zero-order valence-electron chi connectivity index (χ0n) is 11.3. The van der Waals surface area contributed by atoms with E-state index >= 15 is 0 Å². The van der Waals surface area contributed by atoms with Gasteiger partial charge in [0.25, 0.3) is 5.91 Å². The maximum atomic E-state index is 13.6. The van der Waals surface area contributed by atoms with E-state index in [-0.39, 0.29) is 17.2 Å². The third kappa shape index (κ3) is 4.56. The zero-order valence-corrected chi connectivity index (χ0v) is 12.9. The quantitative estimate of drug-likeness (QED) is 0.815. The smallest absolute Gasteiger partial charge is 0.254 e. The van der Waals surface area contributed by atoms with Gasteiger partial charge in [0.2, 0.25) is 0 Å². The number of rotatable bonds is 5. The minimum Gasteiger partial charge on any atom is -0.348 e. The van der Waals surface area contributed by atoms with E-state index in [1.165, 1.54) is 13.0 Å². The molecule has 0 spiro atoms. The highest BCUT2D eigenvalue weighted by molar-refractivity contribution is 9.09. The van der Waals surface area contributed by atoms with Crippen LogP contribution in [-0.2, 0) is 0 Å². The number of hydrogen-bond acceptors (Lipinski definition) is 1. The van der Waals surface area contributed by atoms with Gasteiger partial charge in [0.05, 0.1) is 5.56 Å². The molecular weight excluding hydrogens is 316 g/mol. The number of nitrogens with one attached hydrogen (secondary N) is 1. The van der Waals surface area contributed by atoms with Crippen LogP contribution in [0.15, 0.2) is 12.1 Å². The summed E-state index contributed by atoms with van der Waals surface area (Å²) in [6.07, 6.45) is 0.790. The van der Waals surface area contributed by atoms with Crippen molar-refractivity contribution < 1.29 is 13.6 Å². The van der Waals surface area contributed by atoms with E-state index in [2.05, 4.69) is 21.2 Å². The second-order valence-electron chi connectivity index (χ2n) is 5.04. The van der Waals surface area contributed by atoms with Gasteiger partial charge in [-0.05, 0) is 30.9 Å². The Morgan fingerprint density at radius 3 is 2.47 bits per heavy atom. The monoisotopic (exact) mass is 333 g/mol. The molecule has 1 N–H and O–H groups in total. The minimum atomic E-state index is -0.835. The van der Waals surface area contributed by atoms with Crippen molar-refractivity contribution in [3.8, 4) is 0 Å². The van der Waals surface area contributed by atoms with Crippen LogP contribution in [0.4, 0.5) is 8.78 Å². The first-order valence-electron chi connectivity index (χ1n) is 6.17. The molecule has 5 heteroatoms. The second kappa shape index (κ2) is 6.98. The molecule has 0 radical (unpaired) electrons. The predicted octanol–water partition coefficient (Wildman–Crippen LogP) is 3.81. The molecule has 1 aromatic rings. The lowest BCUT2D eigenvalue weighted by Crippen LogP contribution is -2.37. The fraction of sp³-hybridized carbons (Fsp3) is 0.500. The molecule has 19 heavy (non-hydrogen) atoms. The highest BCUT2D eigenvalue weighted by Gasteiger charge is 2.18. The van der Waals surface area contributed by atoms with Gasteiger partial charge < -0.3 is 5.32 Å². The first-order valence-corrected chi connectivity index (χ1v) is 7.29. The summed E-state index contributed by atoms with van der Waals surface area (Å²) in [7, 11) is 0. The van der Waals surface area contributed by atoms with Crippen molar-refractivity contribution in [3.63, 3.8) is 0 Å². The van der Waals surface area contributed by atoms with Gasteiger partial charge >= 0.3 is 0 Å². The molecule has 1 rings (SSSR count). The van der Waals surface area contributed by atoms with Gasteiger partial charge in [0, 0.05) is 17.4 Å². The van der Waals surface area contributed by atoms with Crippen molar-refractivity contribution in [1.82, 2.24) is 5.32 Å². The van der Waals surface area contributed by atoms with Crippen LogP contribution in [0.5, 0.6) is 0 Å². The van der Waals surface area contributed by atoms with E-state index in [0.29, 0.717) is 11.2 Å². The SMILES string of the molecule is Cc1cc(C(=O)NC(CBr)CC(C)C)c(F)cc1F. The van der Waals surface area contributed by atoms with Gasteiger partial charge in [0.1, 0.15) is 11.6 Å². The molecule has 0 bridgehead atoms. The summed E-state index contributed by atoms with van der Waals surface area (Å²) in [6, 6.07) is 1.91. The molecule has 0 aliphatic carbocycles. The van der Waals surface area contributed by atoms with Crippen LogP contribution < -0.4 is 5.32 Å². The summed E-state index contributed by atoms with van der Waals surface area (Å²) in [4.78, 5) is 12.0. The summed E-state index contributed by atoms with van der Waals surface area (Å²) in [5.41, 5.74) is 0.138. The number of halogens is 3. The Kier molecular flexibility index (Phi) is 5.91. The van der Waals surface area contributed by atoms with Crippen molar-refractivity contribution in [2.75, 3.05) is 5.33 Å². The molecule has 0 saturated carbocycles. The molecule has 0 aromatic heterocycles. The third-order valence-electron chi connectivity index (χ3n) is 2.77. The van der Waals surface area contributed by atoms with Crippen molar-refractivity contribution in [2.45, 2.75) is 33.2 Å². The highest BCUT2D eigenvalue weighted by atomic mass is 79.9. The fourth-order valence-corrected chi connectivity index (χ4v) is 2.25. The number of hydrogen-bond donors (Lipinski definition) is 1. The zero-order chi connectivity index (χ0) is 14.6. The van der Waals surface area contributed by atoms with Crippen LogP contribution in [0, 0.1) is 24.5 Å². The number of aryl methyl sites for hydroxylation is 1. The summed E-state index contributed by atoms with van der Waals surface area (Å²) in [5.74, 6) is -1.57. The Morgan fingerprint density at radius 1 is 1.32 bits per heavy atom. The first kappa shape index (κ1) is 16.1. The van der Waals surface area contributed by atoms with Crippen LogP contribution in [0.1, 0.15) is 36.2 Å². The summed E-state index contributed by atoms with van der Waals surface area (Å²) >= 11 is 3.32. The number of carbonyl (C=O) groups is 1. The van der Waals surface area contributed by atoms with Crippen LogP contribution in [0.25, 0.3) is 0 Å². The molecule has 1 aromatic carbocycles. The van der Waals surface area contributed by atoms with Crippen molar-refractivity contribution >= 4 is 21.8 Å². The van der Waals surface area contributed by atoms with Crippen LogP contribution in [-0.4, -0.2) is 17.3 Å². The molecule has 1 amide bonds. The van der Waals surface area contributed by atoms with Crippen molar-refractivity contribution in [1.29, 1.82) is 0 Å². The molecule has 106 valence electrons. The Balaban J connectivity index is 2.85. The van der Waals surface area contributed by atoms with Gasteiger partial charge in [-0.25, -0.2) is 8.78 Å². The van der Waals surface area contributed by atoms with Crippen molar-refractivity contribution in [2.24, 2.45) is 5.92 Å². The van der Waals surface area contributed by atoms with E-state index in [1.54, 1.807) is 0 Å². The first-order chi connectivity index (χ1) is 8.85. The molecule has 1 atom stereocenters. The normalized spacial score (nSPS) is 12.6. The van der Waals surface area contributed by atoms with Gasteiger partial charge in [0.15, 0.2) is 0 Å². The number of carbonyl (C=O) groups excluding carboxylic acids is 1. The Labute approximate surface area is 120 Å². The topological polar surface area (TPSA) is 29.1 Å². The largest absolute Gasteiger partial charge is 0.348 e. The molecule has 0 aliphatic heterocycles. The second-order valence-corrected chi connectivity index (χ2v) is 5.68. The van der Waals surface area contributed by atoms with E-state index in [0.717, 1.165) is 12.5 Å². The number of benzene rings is 1. The maximum Gasteiger partial charge on any atom is 0.254 e. The van der Waals surface area contributed by atoms with Gasteiger partial charge in [-0.3, -0.25) is 4.79 Å². The fourth-order valence-electron chi connectivity index (χ4n) is 1.82. The molecule has 0 aliphatic rings. The molecular formula is C14H18BrF2NO. The van der Waals surface area contributed by atoms with E-state index < -0.39 is 17.5 Å². The summed E-state index contributed by atoms with van der Waals surface area (Å²) in [6.45, 7) is 5.59. The lowest BCUT2D eigenvalue weighted by atomic mass is 10.0. The van der Waals surface area contributed by atoms with Gasteiger partial charge in [-0.2, -0.15) is 0 Å². The number of alkyl halides is 1. The molecule has 0 saturated heterocycles. The Hall–Kier alpha value is -0.970. The van der Waals surface area contributed by atoms with Crippen LogP contribution >= 0.6 is 15.9 Å². The van der Waals surface area contributed by atoms with E-state index in [4.69, 9.17) is 0 Å². The van der Waals surface area contributed by atoms with Crippen LogP contribution in [0.3, 0.4) is 0 Å². The maximum absolute atomic E-state index is 13.6. The van der Waals surface area contributed by atoms with Gasteiger partial charge in [-0.15, -0.1) is 0 Å². The lowest BCUT2D eigenvalue weighted by Gasteiger charge is -2.18. The third-order valence-corrected chi connectivity index (χ3v) is 3.55. The average molecular weight is 334 g/mol. The van der Waals surface area contributed by atoms with Crippen LogP contribution in [0.2, 0.25) is 0 Å². The Bertz CT molecular complexity index is 463. The van der Waals surface area contributed by atoms with Gasteiger partial charge in [-0.1, -0.05) is 29.8 Å². The lowest BCUT2D eigenvalue weighted by molar-refractivity contribution is 0.0933. The molecule has 1 unspecified atom stereocenters. The predicted molar refractivity (Wildman–Crippen MR) is 75.6 cm³/mol. The molecule has 0 heterocycles.